The van der Waals surface area contributed by atoms with Crippen molar-refractivity contribution in [2.75, 3.05) is 0 Å². The number of rotatable bonds is 4. The lowest BCUT2D eigenvalue weighted by molar-refractivity contribution is -0.129. The molecule has 0 aliphatic carbocycles. The predicted molar refractivity (Wildman–Crippen MR) is 99.4 cm³/mol. The second kappa shape index (κ2) is 7.04. The topological polar surface area (TPSA) is 20.3 Å². The van der Waals surface area contributed by atoms with E-state index in [4.69, 9.17) is 0 Å². The number of hydrogen-bond acceptors (Lipinski definition) is 1. The summed E-state index contributed by atoms with van der Waals surface area (Å²) in [6, 6.07) is 19.1. The highest BCUT2D eigenvalue weighted by atomic mass is 16.2. The predicted octanol–water partition coefficient (Wildman–Crippen LogP) is 5.56. The Hall–Kier alpha value is -2.35. The van der Waals surface area contributed by atoms with Gasteiger partial charge in [-0.1, -0.05) is 74.4 Å². The van der Waals surface area contributed by atoms with Gasteiger partial charge in [-0.3, -0.25) is 4.79 Å². The van der Waals surface area contributed by atoms with Crippen LogP contribution in [0.2, 0.25) is 0 Å². The van der Waals surface area contributed by atoms with Gasteiger partial charge in [0.25, 0.3) is 0 Å². The molecule has 1 aliphatic rings. The maximum absolute atomic E-state index is 12.5. The van der Waals surface area contributed by atoms with Gasteiger partial charge in [-0.25, -0.2) is 0 Å². The highest BCUT2D eigenvalue weighted by molar-refractivity contribution is 5.89. The van der Waals surface area contributed by atoms with Gasteiger partial charge >= 0.3 is 0 Å². The van der Waals surface area contributed by atoms with E-state index in [9.17, 15) is 4.79 Å². The number of carbonyl (C=O) groups is 1. The van der Waals surface area contributed by atoms with E-state index in [1.54, 1.807) is 6.92 Å². The lowest BCUT2D eigenvalue weighted by Gasteiger charge is -2.39. The average molecular weight is 319 g/mol. The van der Waals surface area contributed by atoms with Gasteiger partial charge in [-0.05, 0) is 30.0 Å². The Balaban J connectivity index is 2.21. The van der Waals surface area contributed by atoms with Crippen molar-refractivity contribution in [1.29, 1.82) is 0 Å². The van der Waals surface area contributed by atoms with Gasteiger partial charge in [0, 0.05) is 18.2 Å². The number of allylic oxidation sites excluding steroid dienone is 1. The molecule has 0 radical (unpaired) electrons. The first-order chi connectivity index (χ1) is 11.6. The van der Waals surface area contributed by atoms with E-state index < -0.39 is 0 Å². The monoisotopic (exact) mass is 319 g/mol. The molecule has 24 heavy (non-hydrogen) atoms. The van der Waals surface area contributed by atoms with Gasteiger partial charge in [-0.15, -0.1) is 0 Å². The Bertz CT molecular complexity index is 761. The molecular weight excluding hydrogens is 294 g/mol. The van der Waals surface area contributed by atoms with Crippen LogP contribution in [-0.2, 0) is 4.79 Å². The van der Waals surface area contributed by atoms with Crippen LogP contribution in [0, 0.1) is 0 Å². The lowest BCUT2D eigenvalue weighted by atomic mass is 9.83. The molecule has 1 amide bonds. The number of carbonyl (C=O) groups excluding carboxylic acids is 1. The Kier molecular flexibility index (Phi) is 4.84. The molecule has 2 nitrogen and oxygen atoms in total. The first-order valence-corrected chi connectivity index (χ1v) is 8.80. The molecule has 1 heterocycles. The molecule has 0 saturated carbocycles. The third-order valence-electron chi connectivity index (χ3n) is 4.86. The summed E-state index contributed by atoms with van der Waals surface area (Å²) in [6.07, 6.45) is 3.27. The lowest BCUT2D eigenvalue weighted by Crippen LogP contribution is -2.35. The molecule has 0 fully saturated rings. The van der Waals surface area contributed by atoms with E-state index in [1.165, 1.54) is 22.3 Å². The average Bonchev–Trinajstić information content (AvgIpc) is 2.60. The number of unbranched alkanes of at least 4 members (excludes halogenated alkanes) is 1. The van der Waals surface area contributed by atoms with Crippen molar-refractivity contribution in [2.24, 2.45) is 0 Å². The van der Waals surface area contributed by atoms with Gasteiger partial charge in [0.2, 0.25) is 5.91 Å². The Morgan fingerprint density at radius 3 is 2.38 bits per heavy atom. The first-order valence-electron chi connectivity index (χ1n) is 8.80. The summed E-state index contributed by atoms with van der Waals surface area (Å²) in [6.45, 7) is 5.96. The van der Waals surface area contributed by atoms with E-state index in [2.05, 4.69) is 62.4 Å². The van der Waals surface area contributed by atoms with E-state index in [-0.39, 0.29) is 11.9 Å². The summed E-state index contributed by atoms with van der Waals surface area (Å²) in [4.78, 5) is 14.5. The molecule has 0 saturated heterocycles. The third-order valence-corrected chi connectivity index (χ3v) is 4.86. The van der Waals surface area contributed by atoms with Crippen LogP contribution < -0.4 is 0 Å². The Labute approximate surface area is 144 Å². The molecule has 124 valence electrons. The molecule has 2 heteroatoms. The van der Waals surface area contributed by atoms with Crippen molar-refractivity contribution >= 4 is 11.5 Å². The minimum atomic E-state index is 0.122. The SMILES string of the molecule is CCCCC1c2ccccc2C(c2ccccc2)=C(C)N1C(C)=O. The first kappa shape index (κ1) is 16.5. The van der Waals surface area contributed by atoms with Gasteiger partial charge in [0.15, 0.2) is 0 Å². The standard InChI is InChI=1S/C22H25NO/c1-4-5-15-21-19-13-9-10-14-20(19)22(16(2)23(21)17(3)24)18-11-7-6-8-12-18/h6-14,21H,4-5,15H2,1-3H3. The summed E-state index contributed by atoms with van der Waals surface area (Å²) >= 11 is 0. The minimum Gasteiger partial charge on any atom is -0.309 e. The van der Waals surface area contributed by atoms with Crippen molar-refractivity contribution in [3.8, 4) is 0 Å². The van der Waals surface area contributed by atoms with E-state index in [1.807, 2.05) is 11.0 Å². The fourth-order valence-corrected chi connectivity index (χ4v) is 3.81. The van der Waals surface area contributed by atoms with Gasteiger partial charge in [0.05, 0.1) is 6.04 Å². The van der Waals surface area contributed by atoms with Crippen LogP contribution in [0.3, 0.4) is 0 Å². The third kappa shape index (κ3) is 2.89. The molecular formula is C22H25NO. The second-order valence-electron chi connectivity index (χ2n) is 6.46. The zero-order chi connectivity index (χ0) is 17.1. The number of amides is 1. The van der Waals surface area contributed by atoms with Crippen LogP contribution in [0.5, 0.6) is 0 Å². The maximum atomic E-state index is 12.5. The molecule has 0 spiro atoms. The fraction of sp³-hybridized carbons (Fsp3) is 0.318. The quantitative estimate of drug-likeness (QED) is 0.722. The zero-order valence-corrected chi connectivity index (χ0v) is 14.8. The normalized spacial score (nSPS) is 17.0. The highest BCUT2D eigenvalue weighted by Crippen LogP contribution is 2.43. The number of hydrogen-bond donors (Lipinski definition) is 0. The summed E-state index contributed by atoms with van der Waals surface area (Å²) in [7, 11) is 0. The Morgan fingerprint density at radius 2 is 1.71 bits per heavy atom. The zero-order valence-electron chi connectivity index (χ0n) is 14.8. The summed E-state index contributed by atoms with van der Waals surface area (Å²) in [5.41, 5.74) is 5.94. The molecule has 2 aromatic rings. The van der Waals surface area contributed by atoms with E-state index >= 15 is 0 Å². The number of benzene rings is 2. The largest absolute Gasteiger partial charge is 0.309 e. The molecule has 0 bridgehead atoms. The summed E-state index contributed by atoms with van der Waals surface area (Å²) in [5, 5.41) is 0. The molecule has 1 unspecified atom stereocenters. The van der Waals surface area contributed by atoms with Crippen LogP contribution in [0.4, 0.5) is 0 Å². The van der Waals surface area contributed by atoms with Crippen molar-refractivity contribution in [2.45, 2.75) is 46.1 Å². The Morgan fingerprint density at radius 1 is 1.04 bits per heavy atom. The van der Waals surface area contributed by atoms with E-state index in [0.717, 1.165) is 25.0 Å². The van der Waals surface area contributed by atoms with Crippen molar-refractivity contribution < 1.29 is 4.79 Å². The summed E-state index contributed by atoms with van der Waals surface area (Å²) < 4.78 is 0. The van der Waals surface area contributed by atoms with E-state index in [0.29, 0.717) is 0 Å². The number of fused-ring (bicyclic) bond motifs is 1. The smallest absolute Gasteiger partial charge is 0.224 e. The van der Waals surface area contributed by atoms with Crippen LogP contribution in [0.15, 0.2) is 60.3 Å². The van der Waals surface area contributed by atoms with Crippen LogP contribution >= 0.6 is 0 Å². The van der Waals surface area contributed by atoms with Gasteiger partial charge in [0.1, 0.15) is 0 Å². The van der Waals surface area contributed by atoms with Crippen LogP contribution in [0.1, 0.15) is 62.8 Å². The molecule has 0 N–H and O–H groups in total. The van der Waals surface area contributed by atoms with Crippen LogP contribution in [-0.4, -0.2) is 10.8 Å². The van der Waals surface area contributed by atoms with Crippen molar-refractivity contribution in [3.05, 3.63) is 77.0 Å². The number of nitrogens with zero attached hydrogens (tertiary/aromatic N) is 1. The van der Waals surface area contributed by atoms with Crippen molar-refractivity contribution in [3.63, 3.8) is 0 Å². The molecule has 2 aromatic carbocycles. The molecule has 1 aliphatic heterocycles. The highest BCUT2D eigenvalue weighted by Gasteiger charge is 2.33. The molecule has 3 rings (SSSR count). The van der Waals surface area contributed by atoms with Crippen LogP contribution in [0.25, 0.3) is 5.57 Å². The van der Waals surface area contributed by atoms with Crippen molar-refractivity contribution in [1.82, 2.24) is 4.90 Å². The molecule has 1 atom stereocenters. The fourth-order valence-electron chi connectivity index (χ4n) is 3.81. The van der Waals surface area contributed by atoms with Gasteiger partial charge in [-0.2, -0.15) is 0 Å². The second-order valence-corrected chi connectivity index (χ2v) is 6.46. The summed E-state index contributed by atoms with van der Waals surface area (Å²) in [5.74, 6) is 0.122. The maximum Gasteiger partial charge on any atom is 0.224 e. The molecule has 0 aromatic heterocycles. The minimum absolute atomic E-state index is 0.122. The van der Waals surface area contributed by atoms with Gasteiger partial charge < -0.3 is 4.90 Å².